The van der Waals surface area contributed by atoms with Crippen LogP contribution in [-0.4, -0.2) is 65.7 Å². The minimum absolute atomic E-state index is 0.152. The SMILES string of the molecule is CC1CN(C)CCC1NC(=O)N1CCC[C@@H]1C(=O)O. The van der Waals surface area contributed by atoms with Gasteiger partial charge in [-0.15, -0.1) is 0 Å². The van der Waals surface area contributed by atoms with Crippen molar-refractivity contribution in [3.63, 3.8) is 0 Å². The number of likely N-dealkylation sites (tertiary alicyclic amines) is 2. The van der Waals surface area contributed by atoms with Crippen LogP contribution in [0.25, 0.3) is 0 Å². The Morgan fingerprint density at radius 2 is 2.00 bits per heavy atom. The molecule has 0 aromatic carbocycles. The molecule has 2 heterocycles. The van der Waals surface area contributed by atoms with Gasteiger partial charge >= 0.3 is 12.0 Å². The Balaban J connectivity index is 1.92. The Hall–Kier alpha value is -1.30. The molecule has 2 saturated heterocycles. The quantitative estimate of drug-likeness (QED) is 0.769. The molecule has 2 fully saturated rings. The van der Waals surface area contributed by atoms with Crippen molar-refractivity contribution in [2.24, 2.45) is 5.92 Å². The van der Waals surface area contributed by atoms with Gasteiger partial charge in [0.2, 0.25) is 0 Å². The van der Waals surface area contributed by atoms with Crippen molar-refractivity contribution in [1.29, 1.82) is 0 Å². The number of urea groups is 1. The molecule has 0 aromatic rings. The summed E-state index contributed by atoms with van der Waals surface area (Å²) in [6.45, 7) is 4.61. The molecular weight excluding hydrogens is 246 g/mol. The van der Waals surface area contributed by atoms with Crippen molar-refractivity contribution in [3.05, 3.63) is 0 Å². The summed E-state index contributed by atoms with van der Waals surface area (Å²) in [6.07, 6.45) is 2.26. The molecule has 0 bridgehead atoms. The summed E-state index contributed by atoms with van der Waals surface area (Å²) in [5.41, 5.74) is 0. The zero-order valence-corrected chi connectivity index (χ0v) is 11.6. The lowest BCUT2D eigenvalue weighted by Gasteiger charge is -2.36. The first-order valence-electron chi connectivity index (χ1n) is 6.97. The van der Waals surface area contributed by atoms with Gasteiger partial charge in [-0.05, 0) is 38.8 Å². The van der Waals surface area contributed by atoms with Crippen LogP contribution >= 0.6 is 0 Å². The molecule has 0 aliphatic carbocycles. The van der Waals surface area contributed by atoms with Gasteiger partial charge < -0.3 is 20.2 Å². The molecule has 0 spiro atoms. The van der Waals surface area contributed by atoms with Crippen LogP contribution in [0.5, 0.6) is 0 Å². The number of carbonyl (C=O) groups excluding carboxylic acids is 1. The normalized spacial score (nSPS) is 32.3. The van der Waals surface area contributed by atoms with Gasteiger partial charge in [0.1, 0.15) is 6.04 Å². The molecule has 6 nitrogen and oxygen atoms in total. The molecule has 3 atom stereocenters. The summed E-state index contributed by atoms with van der Waals surface area (Å²) >= 11 is 0. The Kier molecular flexibility index (Phi) is 4.29. The van der Waals surface area contributed by atoms with Crippen molar-refractivity contribution < 1.29 is 14.7 Å². The summed E-state index contributed by atoms with van der Waals surface area (Å²) in [6, 6.07) is -0.716. The third-order valence-electron chi connectivity index (χ3n) is 4.22. The zero-order chi connectivity index (χ0) is 14.0. The zero-order valence-electron chi connectivity index (χ0n) is 11.6. The molecule has 6 heteroatoms. The van der Waals surface area contributed by atoms with Gasteiger partial charge in [-0.25, -0.2) is 9.59 Å². The van der Waals surface area contributed by atoms with Crippen LogP contribution in [0.4, 0.5) is 4.79 Å². The van der Waals surface area contributed by atoms with Crippen LogP contribution in [0.1, 0.15) is 26.2 Å². The Labute approximate surface area is 113 Å². The van der Waals surface area contributed by atoms with Crippen molar-refractivity contribution in [2.45, 2.75) is 38.3 Å². The number of nitrogens with one attached hydrogen (secondary N) is 1. The van der Waals surface area contributed by atoms with Gasteiger partial charge in [0.15, 0.2) is 0 Å². The van der Waals surface area contributed by atoms with Crippen LogP contribution in [0.2, 0.25) is 0 Å². The number of aliphatic carboxylic acids is 1. The van der Waals surface area contributed by atoms with E-state index >= 15 is 0 Å². The molecule has 19 heavy (non-hydrogen) atoms. The van der Waals surface area contributed by atoms with Gasteiger partial charge in [0, 0.05) is 19.1 Å². The van der Waals surface area contributed by atoms with Crippen molar-refractivity contribution in [1.82, 2.24) is 15.1 Å². The summed E-state index contributed by atoms with van der Waals surface area (Å²) in [5, 5.41) is 12.1. The predicted molar refractivity (Wildman–Crippen MR) is 71.0 cm³/mol. The number of carboxylic acids is 1. The molecule has 2 aliphatic heterocycles. The first kappa shape index (κ1) is 14.1. The highest BCUT2D eigenvalue weighted by Gasteiger charge is 2.35. The lowest BCUT2D eigenvalue weighted by molar-refractivity contribution is -0.141. The lowest BCUT2D eigenvalue weighted by Crippen LogP contribution is -2.54. The summed E-state index contributed by atoms with van der Waals surface area (Å²) in [7, 11) is 2.08. The first-order valence-corrected chi connectivity index (χ1v) is 6.97. The molecule has 0 saturated carbocycles. The maximum absolute atomic E-state index is 12.2. The Morgan fingerprint density at radius 1 is 1.26 bits per heavy atom. The number of carbonyl (C=O) groups is 2. The van der Waals surface area contributed by atoms with Gasteiger partial charge in [-0.2, -0.15) is 0 Å². The monoisotopic (exact) mass is 269 g/mol. The van der Waals surface area contributed by atoms with E-state index in [9.17, 15) is 9.59 Å². The summed E-state index contributed by atoms with van der Waals surface area (Å²) in [5.74, 6) is -0.502. The van der Waals surface area contributed by atoms with Gasteiger partial charge in [0.25, 0.3) is 0 Å². The van der Waals surface area contributed by atoms with Gasteiger partial charge in [-0.3, -0.25) is 0 Å². The van der Waals surface area contributed by atoms with Crippen molar-refractivity contribution in [3.8, 4) is 0 Å². The standard InChI is InChI=1S/C13H23N3O3/c1-9-8-15(2)7-5-10(9)14-13(19)16-6-3-4-11(16)12(17)18/h9-11H,3-8H2,1-2H3,(H,14,19)(H,17,18)/t9?,10?,11-/m1/s1. The maximum atomic E-state index is 12.2. The molecule has 2 N–H and O–H groups in total. The molecule has 0 radical (unpaired) electrons. The lowest BCUT2D eigenvalue weighted by atomic mass is 9.94. The molecule has 2 rings (SSSR count). The van der Waals surface area contributed by atoms with Crippen LogP contribution in [-0.2, 0) is 4.79 Å². The van der Waals surface area contributed by atoms with Crippen LogP contribution in [0.15, 0.2) is 0 Å². The topological polar surface area (TPSA) is 72.9 Å². The largest absolute Gasteiger partial charge is 0.480 e. The number of rotatable bonds is 2. The highest BCUT2D eigenvalue weighted by Crippen LogP contribution is 2.20. The highest BCUT2D eigenvalue weighted by atomic mass is 16.4. The Morgan fingerprint density at radius 3 is 2.63 bits per heavy atom. The summed E-state index contributed by atoms with van der Waals surface area (Å²) in [4.78, 5) is 27.0. The van der Waals surface area contributed by atoms with E-state index in [0.29, 0.717) is 18.9 Å². The van der Waals surface area contributed by atoms with Crippen LogP contribution in [0, 0.1) is 5.92 Å². The van der Waals surface area contributed by atoms with Gasteiger partial charge in [-0.1, -0.05) is 6.92 Å². The third kappa shape index (κ3) is 3.18. The summed E-state index contributed by atoms with van der Waals surface area (Å²) < 4.78 is 0. The number of piperidine rings is 1. The van der Waals surface area contributed by atoms with Gasteiger partial charge in [0.05, 0.1) is 0 Å². The molecular formula is C13H23N3O3. The minimum Gasteiger partial charge on any atom is -0.480 e. The maximum Gasteiger partial charge on any atom is 0.326 e. The Bertz CT molecular complexity index is 361. The van der Waals surface area contributed by atoms with E-state index in [1.165, 1.54) is 4.90 Å². The van der Waals surface area contributed by atoms with Crippen molar-refractivity contribution in [2.75, 3.05) is 26.7 Å². The van der Waals surface area contributed by atoms with E-state index in [2.05, 4.69) is 24.2 Å². The minimum atomic E-state index is -0.899. The van der Waals surface area contributed by atoms with Crippen LogP contribution < -0.4 is 5.32 Å². The number of hydrogen-bond donors (Lipinski definition) is 2. The van der Waals surface area contributed by atoms with Crippen molar-refractivity contribution >= 4 is 12.0 Å². The molecule has 2 unspecified atom stereocenters. The molecule has 2 aliphatic rings. The number of nitrogens with zero attached hydrogens (tertiary/aromatic N) is 2. The number of carboxylic acid groups (broad SMARTS) is 1. The third-order valence-corrected chi connectivity index (χ3v) is 4.22. The predicted octanol–water partition coefficient (Wildman–Crippen LogP) is 0.585. The number of hydrogen-bond acceptors (Lipinski definition) is 3. The van der Waals surface area contributed by atoms with E-state index in [-0.39, 0.29) is 12.1 Å². The molecule has 0 aromatic heterocycles. The smallest absolute Gasteiger partial charge is 0.326 e. The number of amides is 2. The second-order valence-corrected chi connectivity index (χ2v) is 5.77. The second-order valence-electron chi connectivity index (χ2n) is 5.77. The van der Waals surface area contributed by atoms with E-state index in [1.807, 2.05) is 0 Å². The highest BCUT2D eigenvalue weighted by molar-refractivity contribution is 5.83. The first-order chi connectivity index (χ1) is 8.99. The average Bonchev–Trinajstić information content (AvgIpc) is 2.82. The van der Waals surface area contributed by atoms with E-state index in [4.69, 9.17) is 5.11 Å². The average molecular weight is 269 g/mol. The fourth-order valence-electron chi connectivity index (χ4n) is 3.08. The van der Waals surface area contributed by atoms with E-state index < -0.39 is 12.0 Å². The van der Waals surface area contributed by atoms with Crippen LogP contribution in [0.3, 0.4) is 0 Å². The van der Waals surface area contributed by atoms with E-state index in [1.54, 1.807) is 0 Å². The molecule has 108 valence electrons. The van der Waals surface area contributed by atoms with E-state index in [0.717, 1.165) is 25.9 Å². The fraction of sp³-hybridized carbons (Fsp3) is 0.846. The fourth-order valence-corrected chi connectivity index (χ4v) is 3.08. The molecule has 2 amide bonds. The second kappa shape index (κ2) is 5.77.